The Balaban J connectivity index is 2.68. The minimum Gasteiger partial charge on any atom is -0.372 e. The number of nitrogens with zero attached hydrogens (tertiary/aromatic N) is 2. The Hall–Kier alpha value is -0.540. The average Bonchev–Trinajstić information content (AvgIpc) is 2.55. The van der Waals surface area contributed by atoms with Gasteiger partial charge in [-0.2, -0.15) is 5.10 Å². The lowest BCUT2D eigenvalue weighted by Crippen LogP contribution is -2.06. The highest BCUT2D eigenvalue weighted by atomic mass is 35.5. The number of halogens is 1. The van der Waals surface area contributed by atoms with Crippen LogP contribution in [0, 0.1) is 0 Å². The standard InChI is InChI=1S/C11H19ClN2O/c1-5-9(4)14-6-10(12)11(13-14)7-15-8(2)3/h6,8-9H,5,7H2,1-4H3. The Morgan fingerprint density at radius 3 is 2.67 bits per heavy atom. The van der Waals surface area contributed by atoms with Crippen molar-refractivity contribution in [1.29, 1.82) is 0 Å². The van der Waals surface area contributed by atoms with Gasteiger partial charge in [0, 0.05) is 12.2 Å². The number of aromatic nitrogens is 2. The summed E-state index contributed by atoms with van der Waals surface area (Å²) in [5.41, 5.74) is 0.825. The molecule has 0 aromatic carbocycles. The zero-order valence-corrected chi connectivity index (χ0v) is 10.6. The maximum absolute atomic E-state index is 6.07. The number of hydrogen-bond donors (Lipinski definition) is 0. The topological polar surface area (TPSA) is 27.1 Å². The second kappa shape index (κ2) is 5.52. The summed E-state index contributed by atoms with van der Waals surface area (Å²) in [5.74, 6) is 0. The molecule has 0 fully saturated rings. The van der Waals surface area contributed by atoms with E-state index in [1.807, 2.05) is 24.7 Å². The maximum Gasteiger partial charge on any atom is 0.107 e. The monoisotopic (exact) mass is 230 g/mol. The quantitative estimate of drug-likeness (QED) is 0.775. The van der Waals surface area contributed by atoms with Gasteiger partial charge in [0.25, 0.3) is 0 Å². The van der Waals surface area contributed by atoms with Crippen LogP contribution in [-0.4, -0.2) is 15.9 Å². The molecule has 0 aliphatic rings. The van der Waals surface area contributed by atoms with E-state index in [-0.39, 0.29) is 6.10 Å². The molecule has 1 rings (SSSR count). The first-order chi connectivity index (χ1) is 7.04. The molecule has 0 aliphatic heterocycles. The van der Waals surface area contributed by atoms with Gasteiger partial charge in [-0.15, -0.1) is 0 Å². The van der Waals surface area contributed by atoms with E-state index in [1.54, 1.807) is 0 Å². The van der Waals surface area contributed by atoms with Gasteiger partial charge in [-0.1, -0.05) is 18.5 Å². The second-order valence-electron chi connectivity index (χ2n) is 4.02. The fourth-order valence-corrected chi connectivity index (χ4v) is 1.36. The Kier molecular flexibility index (Phi) is 4.61. The molecule has 0 amide bonds. The molecular formula is C11H19ClN2O. The summed E-state index contributed by atoms with van der Waals surface area (Å²) in [5, 5.41) is 5.10. The van der Waals surface area contributed by atoms with Gasteiger partial charge >= 0.3 is 0 Å². The van der Waals surface area contributed by atoms with Crippen molar-refractivity contribution < 1.29 is 4.74 Å². The lowest BCUT2D eigenvalue weighted by molar-refractivity contribution is 0.0632. The Morgan fingerprint density at radius 1 is 1.47 bits per heavy atom. The van der Waals surface area contributed by atoms with Gasteiger partial charge < -0.3 is 4.74 Å². The van der Waals surface area contributed by atoms with Crippen LogP contribution in [0.4, 0.5) is 0 Å². The molecule has 1 atom stereocenters. The van der Waals surface area contributed by atoms with Crippen molar-refractivity contribution >= 4 is 11.6 Å². The minimum atomic E-state index is 0.204. The highest BCUT2D eigenvalue weighted by molar-refractivity contribution is 6.31. The van der Waals surface area contributed by atoms with E-state index in [9.17, 15) is 0 Å². The van der Waals surface area contributed by atoms with Crippen LogP contribution >= 0.6 is 11.6 Å². The zero-order chi connectivity index (χ0) is 11.4. The van der Waals surface area contributed by atoms with Crippen LogP contribution in [0.2, 0.25) is 5.02 Å². The third kappa shape index (κ3) is 3.50. The van der Waals surface area contributed by atoms with Gasteiger partial charge in [-0.05, 0) is 27.2 Å². The van der Waals surface area contributed by atoms with E-state index < -0.39 is 0 Å². The fraction of sp³-hybridized carbons (Fsp3) is 0.727. The summed E-state index contributed by atoms with van der Waals surface area (Å²) in [4.78, 5) is 0. The molecule has 1 aromatic heterocycles. The molecule has 1 aromatic rings. The largest absolute Gasteiger partial charge is 0.372 e. The molecule has 4 heteroatoms. The highest BCUT2D eigenvalue weighted by Gasteiger charge is 2.10. The maximum atomic E-state index is 6.07. The molecule has 15 heavy (non-hydrogen) atoms. The smallest absolute Gasteiger partial charge is 0.107 e. The first kappa shape index (κ1) is 12.5. The van der Waals surface area contributed by atoms with Crippen LogP contribution in [-0.2, 0) is 11.3 Å². The predicted octanol–water partition coefficient (Wildman–Crippen LogP) is 3.43. The van der Waals surface area contributed by atoms with Crippen LogP contribution in [0.1, 0.15) is 45.9 Å². The summed E-state index contributed by atoms with van der Waals surface area (Å²) >= 11 is 6.07. The Bertz CT molecular complexity index is 310. The molecule has 86 valence electrons. The molecule has 0 N–H and O–H groups in total. The molecule has 0 radical (unpaired) electrons. The number of hydrogen-bond acceptors (Lipinski definition) is 2. The van der Waals surface area contributed by atoms with Crippen molar-refractivity contribution in [3.63, 3.8) is 0 Å². The van der Waals surface area contributed by atoms with E-state index in [4.69, 9.17) is 16.3 Å². The first-order valence-electron chi connectivity index (χ1n) is 5.39. The van der Waals surface area contributed by atoms with E-state index >= 15 is 0 Å². The first-order valence-corrected chi connectivity index (χ1v) is 5.77. The molecule has 1 heterocycles. The van der Waals surface area contributed by atoms with E-state index in [2.05, 4.69) is 18.9 Å². The SMILES string of the molecule is CCC(C)n1cc(Cl)c(COC(C)C)n1. The minimum absolute atomic E-state index is 0.204. The lowest BCUT2D eigenvalue weighted by Gasteiger charge is -2.08. The number of ether oxygens (including phenoxy) is 1. The van der Waals surface area contributed by atoms with Crippen LogP contribution in [0.25, 0.3) is 0 Å². The van der Waals surface area contributed by atoms with Crippen molar-refractivity contribution in [2.75, 3.05) is 0 Å². The highest BCUT2D eigenvalue weighted by Crippen LogP contribution is 2.19. The molecule has 0 aliphatic carbocycles. The van der Waals surface area contributed by atoms with E-state index in [0.717, 1.165) is 12.1 Å². The van der Waals surface area contributed by atoms with Gasteiger partial charge in [0.15, 0.2) is 0 Å². The molecule has 0 bridgehead atoms. The van der Waals surface area contributed by atoms with Crippen molar-refractivity contribution in [2.45, 2.75) is 52.9 Å². The Labute approximate surface area is 96.4 Å². The van der Waals surface area contributed by atoms with Crippen LogP contribution in [0.5, 0.6) is 0 Å². The Morgan fingerprint density at radius 2 is 2.13 bits per heavy atom. The van der Waals surface area contributed by atoms with Crippen molar-refractivity contribution in [3.8, 4) is 0 Å². The number of rotatable bonds is 5. The summed E-state index contributed by atoms with van der Waals surface area (Å²) in [7, 11) is 0. The average molecular weight is 231 g/mol. The summed E-state index contributed by atoms with van der Waals surface area (Å²) < 4.78 is 7.38. The van der Waals surface area contributed by atoms with Gasteiger partial charge in [0.2, 0.25) is 0 Å². The van der Waals surface area contributed by atoms with Crippen molar-refractivity contribution in [3.05, 3.63) is 16.9 Å². The molecule has 3 nitrogen and oxygen atoms in total. The molecule has 0 saturated carbocycles. The van der Waals surface area contributed by atoms with Gasteiger partial charge in [0.1, 0.15) is 5.69 Å². The summed E-state index contributed by atoms with van der Waals surface area (Å²) in [6.45, 7) is 8.74. The van der Waals surface area contributed by atoms with Gasteiger partial charge in [0.05, 0.1) is 17.7 Å². The van der Waals surface area contributed by atoms with Gasteiger partial charge in [-0.3, -0.25) is 4.68 Å². The van der Waals surface area contributed by atoms with Gasteiger partial charge in [-0.25, -0.2) is 0 Å². The van der Waals surface area contributed by atoms with E-state index in [0.29, 0.717) is 17.7 Å². The third-order valence-electron chi connectivity index (χ3n) is 2.35. The summed E-state index contributed by atoms with van der Waals surface area (Å²) in [6, 6.07) is 0.385. The normalized spacial score (nSPS) is 13.5. The predicted molar refractivity (Wildman–Crippen MR) is 62.2 cm³/mol. The third-order valence-corrected chi connectivity index (χ3v) is 2.67. The molecule has 0 saturated heterocycles. The zero-order valence-electron chi connectivity index (χ0n) is 9.83. The van der Waals surface area contributed by atoms with Crippen LogP contribution in [0.15, 0.2) is 6.20 Å². The lowest BCUT2D eigenvalue weighted by atomic mass is 10.3. The molecule has 1 unspecified atom stereocenters. The fourth-order valence-electron chi connectivity index (χ4n) is 1.16. The van der Waals surface area contributed by atoms with E-state index in [1.165, 1.54) is 0 Å². The van der Waals surface area contributed by atoms with Crippen molar-refractivity contribution in [1.82, 2.24) is 9.78 Å². The van der Waals surface area contributed by atoms with Crippen LogP contribution < -0.4 is 0 Å². The van der Waals surface area contributed by atoms with Crippen LogP contribution in [0.3, 0.4) is 0 Å². The van der Waals surface area contributed by atoms with Crippen molar-refractivity contribution in [2.24, 2.45) is 0 Å². The summed E-state index contributed by atoms with van der Waals surface area (Å²) in [6.07, 6.45) is 3.12. The molecular weight excluding hydrogens is 212 g/mol. The molecule has 0 spiro atoms. The second-order valence-corrected chi connectivity index (χ2v) is 4.43.